The standard InChI is InChI=1S/C18H16ClN3O2S/c1-2-24-17-8-13(14(19)9-16(17)23)10-20-22-18-21-15(11-25-18)12-6-4-3-5-7-12/h3-11,23H,2H2,1H3,(H,21,22). The zero-order valence-electron chi connectivity index (χ0n) is 13.4. The largest absolute Gasteiger partial charge is 0.504 e. The molecule has 0 saturated heterocycles. The van der Waals surface area contributed by atoms with Crippen molar-refractivity contribution in [1.29, 1.82) is 0 Å². The third-order valence-corrected chi connectivity index (χ3v) is 4.39. The molecule has 3 rings (SSSR count). The number of hydrogen-bond donors (Lipinski definition) is 2. The van der Waals surface area contributed by atoms with E-state index in [2.05, 4.69) is 15.5 Å². The molecule has 25 heavy (non-hydrogen) atoms. The molecule has 0 aliphatic carbocycles. The number of aromatic nitrogens is 1. The van der Waals surface area contributed by atoms with Gasteiger partial charge in [-0.15, -0.1) is 11.3 Å². The number of phenolic OH excluding ortho intramolecular Hbond substituents is 1. The molecule has 0 atom stereocenters. The molecule has 2 N–H and O–H groups in total. The van der Waals surface area contributed by atoms with Gasteiger partial charge in [-0.3, -0.25) is 5.43 Å². The molecule has 7 heteroatoms. The highest BCUT2D eigenvalue weighted by Gasteiger charge is 2.08. The van der Waals surface area contributed by atoms with Crippen molar-refractivity contribution < 1.29 is 9.84 Å². The van der Waals surface area contributed by atoms with E-state index >= 15 is 0 Å². The van der Waals surface area contributed by atoms with Crippen molar-refractivity contribution in [3.63, 3.8) is 0 Å². The van der Waals surface area contributed by atoms with Crippen LogP contribution in [0.25, 0.3) is 11.3 Å². The quantitative estimate of drug-likeness (QED) is 0.470. The highest BCUT2D eigenvalue weighted by molar-refractivity contribution is 7.14. The van der Waals surface area contributed by atoms with Gasteiger partial charge in [0, 0.05) is 22.6 Å². The average Bonchev–Trinajstić information content (AvgIpc) is 3.08. The summed E-state index contributed by atoms with van der Waals surface area (Å²) < 4.78 is 5.35. The fraction of sp³-hybridized carbons (Fsp3) is 0.111. The average molecular weight is 374 g/mol. The van der Waals surface area contributed by atoms with Crippen molar-refractivity contribution in [2.45, 2.75) is 6.92 Å². The van der Waals surface area contributed by atoms with E-state index < -0.39 is 0 Å². The number of hydrazone groups is 1. The Hall–Kier alpha value is -2.57. The van der Waals surface area contributed by atoms with Crippen LogP contribution in [0.3, 0.4) is 0 Å². The summed E-state index contributed by atoms with van der Waals surface area (Å²) in [5.41, 5.74) is 5.47. The third kappa shape index (κ3) is 4.29. The molecule has 128 valence electrons. The van der Waals surface area contributed by atoms with Crippen molar-refractivity contribution in [3.05, 3.63) is 58.4 Å². The fourth-order valence-electron chi connectivity index (χ4n) is 2.15. The maximum absolute atomic E-state index is 9.78. The van der Waals surface area contributed by atoms with Crippen LogP contribution in [0.4, 0.5) is 5.13 Å². The smallest absolute Gasteiger partial charge is 0.203 e. The molecule has 1 aromatic heterocycles. The molecular weight excluding hydrogens is 358 g/mol. The van der Waals surface area contributed by atoms with Crippen LogP contribution in [-0.2, 0) is 0 Å². The lowest BCUT2D eigenvalue weighted by molar-refractivity contribution is 0.318. The number of rotatable bonds is 6. The maximum Gasteiger partial charge on any atom is 0.203 e. The summed E-state index contributed by atoms with van der Waals surface area (Å²) in [6, 6.07) is 13.0. The van der Waals surface area contributed by atoms with Gasteiger partial charge in [-0.1, -0.05) is 41.9 Å². The normalized spacial score (nSPS) is 11.0. The summed E-state index contributed by atoms with van der Waals surface area (Å²) in [6.45, 7) is 2.29. The number of anilines is 1. The molecule has 1 heterocycles. The predicted octanol–water partition coefficient (Wildman–Crippen LogP) is 5.01. The van der Waals surface area contributed by atoms with Gasteiger partial charge in [-0.25, -0.2) is 4.98 Å². The molecule has 2 aromatic carbocycles. The number of hydrogen-bond acceptors (Lipinski definition) is 6. The molecule has 0 aliphatic heterocycles. The molecule has 5 nitrogen and oxygen atoms in total. The van der Waals surface area contributed by atoms with Crippen LogP contribution < -0.4 is 10.2 Å². The zero-order valence-corrected chi connectivity index (χ0v) is 15.0. The highest BCUT2D eigenvalue weighted by atomic mass is 35.5. The van der Waals surface area contributed by atoms with Crippen LogP contribution in [0.15, 0.2) is 52.9 Å². The molecular formula is C18H16ClN3O2S. The summed E-state index contributed by atoms with van der Waals surface area (Å²) in [4.78, 5) is 4.49. The van der Waals surface area contributed by atoms with Gasteiger partial charge in [0.15, 0.2) is 11.5 Å². The van der Waals surface area contributed by atoms with Gasteiger partial charge in [-0.05, 0) is 13.0 Å². The van der Waals surface area contributed by atoms with Gasteiger partial charge in [0.25, 0.3) is 0 Å². The monoisotopic (exact) mass is 373 g/mol. The molecule has 0 aliphatic rings. The van der Waals surface area contributed by atoms with Crippen molar-refractivity contribution in [2.75, 3.05) is 12.0 Å². The molecule has 0 fully saturated rings. The van der Waals surface area contributed by atoms with Crippen molar-refractivity contribution in [3.8, 4) is 22.8 Å². The Morgan fingerprint density at radius 1 is 1.32 bits per heavy atom. The van der Waals surface area contributed by atoms with E-state index in [1.165, 1.54) is 17.4 Å². The van der Waals surface area contributed by atoms with Gasteiger partial charge < -0.3 is 9.84 Å². The van der Waals surface area contributed by atoms with Gasteiger partial charge in [0.1, 0.15) is 0 Å². The number of benzene rings is 2. The number of nitrogens with zero attached hydrogens (tertiary/aromatic N) is 2. The minimum atomic E-state index is 0.00406. The lowest BCUT2D eigenvalue weighted by atomic mass is 10.2. The summed E-state index contributed by atoms with van der Waals surface area (Å²) in [5, 5.41) is 17.0. The first-order valence-corrected chi connectivity index (χ1v) is 8.88. The lowest BCUT2D eigenvalue weighted by Gasteiger charge is -2.07. The van der Waals surface area contributed by atoms with Gasteiger partial charge in [-0.2, -0.15) is 5.10 Å². The van der Waals surface area contributed by atoms with E-state index in [-0.39, 0.29) is 5.75 Å². The molecule has 3 aromatic rings. The minimum Gasteiger partial charge on any atom is -0.504 e. The van der Waals surface area contributed by atoms with Crippen LogP contribution >= 0.6 is 22.9 Å². The van der Waals surface area contributed by atoms with E-state index in [1.807, 2.05) is 42.6 Å². The maximum atomic E-state index is 9.78. The predicted molar refractivity (Wildman–Crippen MR) is 103 cm³/mol. The van der Waals surface area contributed by atoms with E-state index in [1.54, 1.807) is 12.3 Å². The Morgan fingerprint density at radius 2 is 2.12 bits per heavy atom. The van der Waals surface area contributed by atoms with Crippen LogP contribution in [0.1, 0.15) is 12.5 Å². The second-order valence-electron chi connectivity index (χ2n) is 5.05. The van der Waals surface area contributed by atoms with E-state index in [0.717, 1.165) is 11.3 Å². The van der Waals surface area contributed by atoms with Gasteiger partial charge >= 0.3 is 0 Å². The second-order valence-corrected chi connectivity index (χ2v) is 6.31. The Morgan fingerprint density at radius 3 is 2.88 bits per heavy atom. The summed E-state index contributed by atoms with van der Waals surface area (Å²) in [5.74, 6) is 0.373. The summed E-state index contributed by atoms with van der Waals surface area (Å²) >= 11 is 7.58. The van der Waals surface area contributed by atoms with Crippen LogP contribution in [0.5, 0.6) is 11.5 Å². The molecule has 0 spiro atoms. The summed E-state index contributed by atoms with van der Waals surface area (Å²) in [7, 11) is 0. The number of thiazole rings is 1. The van der Waals surface area contributed by atoms with E-state index in [0.29, 0.717) is 28.1 Å². The van der Waals surface area contributed by atoms with Gasteiger partial charge in [0.05, 0.1) is 23.5 Å². The Labute approximate surface area is 154 Å². The number of phenols is 1. The zero-order chi connectivity index (χ0) is 17.6. The van der Waals surface area contributed by atoms with Crippen LogP contribution in [0.2, 0.25) is 5.02 Å². The molecule has 0 radical (unpaired) electrons. The highest BCUT2D eigenvalue weighted by Crippen LogP contribution is 2.31. The first-order chi connectivity index (χ1) is 12.2. The first-order valence-electron chi connectivity index (χ1n) is 7.62. The minimum absolute atomic E-state index is 0.00406. The summed E-state index contributed by atoms with van der Waals surface area (Å²) in [6.07, 6.45) is 1.56. The van der Waals surface area contributed by atoms with Crippen molar-refractivity contribution >= 4 is 34.3 Å². The Bertz CT molecular complexity index is 881. The third-order valence-electron chi connectivity index (χ3n) is 3.32. The van der Waals surface area contributed by atoms with Crippen LogP contribution in [-0.4, -0.2) is 22.9 Å². The lowest BCUT2D eigenvalue weighted by Crippen LogP contribution is -1.95. The Balaban J connectivity index is 1.72. The number of nitrogens with one attached hydrogen (secondary N) is 1. The number of aromatic hydroxyl groups is 1. The second kappa shape index (κ2) is 8.00. The number of halogens is 1. The van der Waals surface area contributed by atoms with E-state index in [4.69, 9.17) is 16.3 Å². The van der Waals surface area contributed by atoms with Crippen LogP contribution in [0, 0.1) is 0 Å². The molecule has 0 bridgehead atoms. The van der Waals surface area contributed by atoms with Crippen molar-refractivity contribution in [2.24, 2.45) is 5.10 Å². The SMILES string of the molecule is CCOc1cc(C=NNc2nc(-c3ccccc3)cs2)c(Cl)cc1O. The molecule has 0 unspecified atom stereocenters. The van der Waals surface area contributed by atoms with E-state index in [9.17, 15) is 5.11 Å². The first kappa shape index (κ1) is 17.3. The van der Waals surface area contributed by atoms with Gasteiger partial charge in [0.2, 0.25) is 5.13 Å². The fourth-order valence-corrected chi connectivity index (χ4v) is 3.03. The van der Waals surface area contributed by atoms with Crippen molar-refractivity contribution in [1.82, 2.24) is 4.98 Å². The topological polar surface area (TPSA) is 66.7 Å². The number of ether oxygens (including phenoxy) is 1. The molecule has 0 amide bonds. The Kier molecular flexibility index (Phi) is 5.53. The molecule has 0 saturated carbocycles.